The smallest absolute Gasteiger partial charge is 0.217 e. The van der Waals surface area contributed by atoms with Crippen LogP contribution in [0.4, 0.5) is 0 Å². The van der Waals surface area contributed by atoms with Crippen LogP contribution in [-0.2, 0) is 4.79 Å². The third-order valence-corrected chi connectivity index (χ3v) is 2.43. The number of hydrogen-bond acceptors (Lipinski definition) is 1. The lowest BCUT2D eigenvalue weighted by Gasteiger charge is -2.20. The van der Waals surface area contributed by atoms with Gasteiger partial charge in [0.05, 0.1) is 0 Å². The molecule has 0 aromatic carbocycles. The van der Waals surface area contributed by atoms with Gasteiger partial charge < -0.3 is 5.32 Å². The first-order chi connectivity index (χ1) is 6.10. The van der Waals surface area contributed by atoms with Crippen molar-refractivity contribution in [3.05, 3.63) is 0 Å². The van der Waals surface area contributed by atoms with E-state index in [1.165, 1.54) is 6.42 Å². The molecule has 78 valence electrons. The van der Waals surface area contributed by atoms with E-state index < -0.39 is 0 Å². The Kier molecular flexibility index (Phi) is 6.65. The van der Waals surface area contributed by atoms with E-state index in [0.29, 0.717) is 12.0 Å². The summed E-state index contributed by atoms with van der Waals surface area (Å²) in [5.74, 6) is 0.810. The molecule has 0 fully saturated rings. The van der Waals surface area contributed by atoms with Crippen LogP contribution in [0.25, 0.3) is 0 Å². The Morgan fingerprint density at radius 3 is 2.38 bits per heavy atom. The molecule has 0 aromatic heterocycles. The van der Waals surface area contributed by atoms with Crippen molar-refractivity contribution in [3.8, 4) is 0 Å². The van der Waals surface area contributed by atoms with Crippen LogP contribution in [0, 0.1) is 5.92 Å². The molecule has 2 atom stereocenters. The Balaban J connectivity index is 3.85. The highest BCUT2D eigenvalue weighted by Crippen LogP contribution is 2.13. The minimum Gasteiger partial charge on any atom is -0.354 e. The molecule has 0 rings (SSSR count). The SMILES string of the molecule is CCCC(CC(C)CC)NC(C)=O. The molecule has 13 heavy (non-hydrogen) atoms. The number of carbonyl (C=O) groups excluding carboxylic acids is 1. The van der Waals surface area contributed by atoms with Gasteiger partial charge in [0, 0.05) is 13.0 Å². The predicted molar refractivity (Wildman–Crippen MR) is 56.6 cm³/mol. The van der Waals surface area contributed by atoms with Gasteiger partial charge in [0.2, 0.25) is 5.91 Å². The van der Waals surface area contributed by atoms with Crippen LogP contribution < -0.4 is 5.32 Å². The molecule has 2 heteroatoms. The van der Waals surface area contributed by atoms with Gasteiger partial charge in [-0.05, 0) is 18.8 Å². The lowest BCUT2D eigenvalue weighted by molar-refractivity contribution is -0.119. The van der Waals surface area contributed by atoms with E-state index in [9.17, 15) is 4.79 Å². The summed E-state index contributed by atoms with van der Waals surface area (Å²) in [6, 6.07) is 0.387. The minimum absolute atomic E-state index is 0.0988. The molecule has 1 N–H and O–H groups in total. The summed E-state index contributed by atoms with van der Waals surface area (Å²) in [6.07, 6.45) is 4.55. The van der Waals surface area contributed by atoms with Gasteiger partial charge in [0.1, 0.15) is 0 Å². The maximum Gasteiger partial charge on any atom is 0.217 e. The maximum absolute atomic E-state index is 10.9. The van der Waals surface area contributed by atoms with Gasteiger partial charge in [-0.15, -0.1) is 0 Å². The fraction of sp³-hybridized carbons (Fsp3) is 0.909. The van der Waals surface area contributed by atoms with Gasteiger partial charge in [-0.25, -0.2) is 0 Å². The van der Waals surface area contributed by atoms with Crippen LogP contribution in [0.15, 0.2) is 0 Å². The van der Waals surface area contributed by atoms with E-state index in [0.717, 1.165) is 19.3 Å². The zero-order valence-corrected chi connectivity index (χ0v) is 9.39. The average molecular weight is 185 g/mol. The summed E-state index contributed by atoms with van der Waals surface area (Å²) in [5, 5.41) is 3.01. The molecular weight excluding hydrogens is 162 g/mol. The second-order valence-electron chi connectivity index (χ2n) is 3.94. The molecule has 0 aliphatic carbocycles. The molecule has 0 aromatic rings. The normalized spacial score (nSPS) is 15.1. The van der Waals surface area contributed by atoms with Gasteiger partial charge in [-0.3, -0.25) is 4.79 Å². The third-order valence-electron chi connectivity index (χ3n) is 2.43. The van der Waals surface area contributed by atoms with Gasteiger partial charge in [0.15, 0.2) is 0 Å². The van der Waals surface area contributed by atoms with E-state index in [-0.39, 0.29) is 5.91 Å². The molecule has 0 bridgehead atoms. The van der Waals surface area contributed by atoms with E-state index in [1.807, 2.05) is 0 Å². The summed E-state index contributed by atoms with van der Waals surface area (Å²) in [6.45, 7) is 8.19. The standard InChI is InChI=1S/C11H23NO/c1-5-7-11(12-10(4)13)8-9(3)6-2/h9,11H,5-8H2,1-4H3,(H,12,13). The summed E-state index contributed by atoms with van der Waals surface area (Å²) < 4.78 is 0. The van der Waals surface area contributed by atoms with E-state index in [4.69, 9.17) is 0 Å². The van der Waals surface area contributed by atoms with E-state index in [2.05, 4.69) is 26.1 Å². The number of hydrogen-bond donors (Lipinski definition) is 1. The van der Waals surface area contributed by atoms with Crippen LogP contribution in [0.3, 0.4) is 0 Å². The van der Waals surface area contributed by atoms with Crippen LogP contribution in [0.1, 0.15) is 53.4 Å². The molecule has 2 unspecified atom stereocenters. The van der Waals surface area contributed by atoms with E-state index in [1.54, 1.807) is 6.92 Å². The molecular formula is C11H23NO. The zero-order chi connectivity index (χ0) is 10.3. The van der Waals surface area contributed by atoms with Gasteiger partial charge in [-0.2, -0.15) is 0 Å². The first kappa shape index (κ1) is 12.5. The highest BCUT2D eigenvalue weighted by molar-refractivity contribution is 5.73. The second-order valence-corrected chi connectivity index (χ2v) is 3.94. The zero-order valence-electron chi connectivity index (χ0n) is 9.39. The van der Waals surface area contributed by atoms with Crippen LogP contribution >= 0.6 is 0 Å². The first-order valence-corrected chi connectivity index (χ1v) is 5.37. The highest BCUT2D eigenvalue weighted by atomic mass is 16.1. The number of carbonyl (C=O) groups is 1. The molecule has 0 saturated heterocycles. The van der Waals surface area contributed by atoms with E-state index >= 15 is 0 Å². The Labute approximate surface area is 82.1 Å². The van der Waals surface area contributed by atoms with Crippen molar-refractivity contribution < 1.29 is 4.79 Å². The van der Waals surface area contributed by atoms with Gasteiger partial charge in [0.25, 0.3) is 0 Å². The van der Waals surface area contributed by atoms with Crippen molar-refractivity contribution in [2.45, 2.75) is 59.4 Å². The van der Waals surface area contributed by atoms with Crippen molar-refractivity contribution in [1.29, 1.82) is 0 Å². The molecule has 0 aliphatic heterocycles. The van der Waals surface area contributed by atoms with Crippen molar-refractivity contribution in [1.82, 2.24) is 5.32 Å². The third kappa shape index (κ3) is 6.62. The molecule has 0 saturated carbocycles. The molecule has 0 heterocycles. The average Bonchev–Trinajstić information content (AvgIpc) is 2.03. The Morgan fingerprint density at radius 1 is 1.38 bits per heavy atom. The largest absolute Gasteiger partial charge is 0.354 e. The Bertz CT molecular complexity index is 145. The highest BCUT2D eigenvalue weighted by Gasteiger charge is 2.11. The summed E-state index contributed by atoms with van der Waals surface area (Å²) >= 11 is 0. The molecule has 0 radical (unpaired) electrons. The van der Waals surface area contributed by atoms with Crippen molar-refractivity contribution in [2.24, 2.45) is 5.92 Å². The summed E-state index contributed by atoms with van der Waals surface area (Å²) in [4.78, 5) is 10.9. The number of nitrogens with one attached hydrogen (secondary N) is 1. The summed E-state index contributed by atoms with van der Waals surface area (Å²) in [7, 11) is 0. The lowest BCUT2D eigenvalue weighted by Crippen LogP contribution is -2.34. The Hall–Kier alpha value is -0.530. The predicted octanol–water partition coefficient (Wildman–Crippen LogP) is 2.73. The van der Waals surface area contributed by atoms with Crippen LogP contribution in [0.2, 0.25) is 0 Å². The monoisotopic (exact) mass is 185 g/mol. The number of amides is 1. The fourth-order valence-corrected chi connectivity index (χ4v) is 1.54. The molecule has 0 spiro atoms. The van der Waals surface area contributed by atoms with Gasteiger partial charge in [-0.1, -0.05) is 33.6 Å². The lowest BCUT2D eigenvalue weighted by atomic mass is 9.96. The Morgan fingerprint density at radius 2 is 2.00 bits per heavy atom. The summed E-state index contributed by atoms with van der Waals surface area (Å²) in [5.41, 5.74) is 0. The quantitative estimate of drug-likeness (QED) is 0.677. The van der Waals surface area contributed by atoms with Crippen molar-refractivity contribution in [3.63, 3.8) is 0 Å². The molecule has 1 amide bonds. The first-order valence-electron chi connectivity index (χ1n) is 5.37. The van der Waals surface area contributed by atoms with Gasteiger partial charge >= 0.3 is 0 Å². The second kappa shape index (κ2) is 6.93. The fourth-order valence-electron chi connectivity index (χ4n) is 1.54. The van der Waals surface area contributed by atoms with Crippen molar-refractivity contribution >= 4 is 5.91 Å². The van der Waals surface area contributed by atoms with Crippen LogP contribution in [0.5, 0.6) is 0 Å². The molecule has 2 nitrogen and oxygen atoms in total. The molecule has 0 aliphatic rings. The topological polar surface area (TPSA) is 29.1 Å². The minimum atomic E-state index is 0.0988. The maximum atomic E-state index is 10.9. The number of rotatable bonds is 6. The van der Waals surface area contributed by atoms with Crippen LogP contribution in [-0.4, -0.2) is 11.9 Å². The van der Waals surface area contributed by atoms with Crippen molar-refractivity contribution in [2.75, 3.05) is 0 Å².